The highest BCUT2D eigenvalue weighted by Crippen LogP contribution is 2.34. The third-order valence-corrected chi connectivity index (χ3v) is 5.82. The van der Waals surface area contributed by atoms with E-state index in [1.54, 1.807) is 7.05 Å². The molecule has 1 aliphatic heterocycles. The van der Waals surface area contributed by atoms with Crippen molar-refractivity contribution in [3.63, 3.8) is 0 Å². The molecule has 2 atom stereocenters. The van der Waals surface area contributed by atoms with Crippen LogP contribution in [0.2, 0.25) is 0 Å². The highest BCUT2D eigenvalue weighted by molar-refractivity contribution is 7.09. The van der Waals surface area contributed by atoms with Crippen LogP contribution in [0.15, 0.2) is 29.6 Å². The van der Waals surface area contributed by atoms with Gasteiger partial charge in [0, 0.05) is 31.6 Å². The molecule has 0 radical (unpaired) electrons. The van der Waals surface area contributed by atoms with Gasteiger partial charge in [-0.3, -0.25) is 9.69 Å². The molecule has 1 N–H and O–H groups in total. The number of rotatable bonds is 7. The molecular weight excluding hydrogens is 419 g/mol. The summed E-state index contributed by atoms with van der Waals surface area (Å²) in [7, 11) is 1.55. The van der Waals surface area contributed by atoms with Crippen LogP contribution in [-0.2, 0) is 22.1 Å². The van der Waals surface area contributed by atoms with Crippen molar-refractivity contribution in [3.8, 4) is 5.75 Å². The molecule has 3 rings (SSSR count). The van der Waals surface area contributed by atoms with Crippen molar-refractivity contribution in [1.29, 1.82) is 0 Å². The zero-order valence-corrected chi connectivity index (χ0v) is 17.6. The third-order valence-electron chi connectivity index (χ3n) is 4.92. The van der Waals surface area contributed by atoms with Gasteiger partial charge >= 0.3 is 6.18 Å². The Kier molecular flexibility index (Phi) is 7.32. The molecule has 10 heteroatoms. The maximum absolute atomic E-state index is 12.8. The van der Waals surface area contributed by atoms with E-state index in [1.807, 2.05) is 24.3 Å². The molecule has 30 heavy (non-hydrogen) atoms. The lowest BCUT2D eigenvalue weighted by Gasteiger charge is -2.36. The maximum atomic E-state index is 12.8. The van der Waals surface area contributed by atoms with E-state index in [2.05, 4.69) is 22.1 Å². The van der Waals surface area contributed by atoms with Gasteiger partial charge in [0.15, 0.2) is 11.6 Å². The van der Waals surface area contributed by atoms with E-state index in [0.29, 0.717) is 42.5 Å². The first kappa shape index (κ1) is 22.5. The molecule has 164 valence electrons. The average molecular weight is 443 g/mol. The number of nitrogens with one attached hydrogen (secondary N) is 1. The Balaban J connectivity index is 1.55. The van der Waals surface area contributed by atoms with E-state index < -0.39 is 17.3 Å². The number of alkyl halides is 3. The first-order chi connectivity index (χ1) is 14.3. The lowest BCUT2D eigenvalue weighted by atomic mass is 10.0. The van der Waals surface area contributed by atoms with Crippen molar-refractivity contribution in [2.75, 3.05) is 33.4 Å². The maximum Gasteiger partial charge on any atom is 0.443 e. The third kappa shape index (κ3) is 5.93. The SMILES string of the molecule is CNC(=O)COc1ccc(CC(C)N2CCOC(c3csc(C(F)(F)F)n3)C2)cc1. The van der Waals surface area contributed by atoms with Crippen molar-refractivity contribution in [3.05, 3.63) is 45.9 Å². The molecule has 2 heterocycles. The van der Waals surface area contributed by atoms with Gasteiger partial charge in [0.05, 0.1) is 12.3 Å². The fourth-order valence-electron chi connectivity index (χ4n) is 3.23. The van der Waals surface area contributed by atoms with E-state index >= 15 is 0 Å². The summed E-state index contributed by atoms with van der Waals surface area (Å²) in [5, 5.41) is 3.08. The van der Waals surface area contributed by atoms with E-state index in [1.165, 1.54) is 5.38 Å². The molecule has 2 unspecified atom stereocenters. The summed E-state index contributed by atoms with van der Waals surface area (Å²) in [6.45, 7) is 3.70. The molecular formula is C20H24F3N3O3S. The Bertz CT molecular complexity index is 842. The van der Waals surface area contributed by atoms with Gasteiger partial charge in [-0.25, -0.2) is 4.98 Å². The van der Waals surface area contributed by atoms with Gasteiger partial charge in [-0.1, -0.05) is 12.1 Å². The summed E-state index contributed by atoms with van der Waals surface area (Å²) in [5.74, 6) is 0.419. The van der Waals surface area contributed by atoms with Crippen molar-refractivity contribution < 1.29 is 27.4 Å². The van der Waals surface area contributed by atoms with E-state index in [4.69, 9.17) is 9.47 Å². The van der Waals surface area contributed by atoms with Crippen molar-refractivity contribution in [2.24, 2.45) is 0 Å². The first-order valence-electron chi connectivity index (χ1n) is 9.57. The number of carbonyl (C=O) groups excluding carboxylic acids is 1. The minimum Gasteiger partial charge on any atom is -0.484 e. The number of hydrogen-bond donors (Lipinski definition) is 1. The summed E-state index contributed by atoms with van der Waals surface area (Å²) in [6, 6.07) is 7.71. The number of amides is 1. The number of benzene rings is 1. The zero-order valence-electron chi connectivity index (χ0n) is 16.7. The summed E-state index contributed by atoms with van der Waals surface area (Å²) in [5.41, 5.74) is 1.44. The summed E-state index contributed by atoms with van der Waals surface area (Å²) >= 11 is 0.599. The Morgan fingerprint density at radius 1 is 1.40 bits per heavy atom. The van der Waals surface area contributed by atoms with Crippen LogP contribution < -0.4 is 10.1 Å². The normalized spacial score (nSPS) is 18.8. The molecule has 0 aliphatic carbocycles. The Labute approximate surface area is 177 Å². The van der Waals surface area contributed by atoms with Crippen LogP contribution >= 0.6 is 11.3 Å². The van der Waals surface area contributed by atoms with Gasteiger partial charge in [-0.2, -0.15) is 13.2 Å². The van der Waals surface area contributed by atoms with Gasteiger partial charge in [0.2, 0.25) is 0 Å². The Morgan fingerprint density at radius 2 is 2.13 bits per heavy atom. The largest absolute Gasteiger partial charge is 0.484 e. The second kappa shape index (κ2) is 9.76. The summed E-state index contributed by atoms with van der Waals surface area (Å²) in [6.07, 6.45) is -4.12. The van der Waals surface area contributed by atoms with E-state index in [-0.39, 0.29) is 18.6 Å². The molecule has 0 saturated carbocycles. The quantitative estimate of drug-likeness (QED) is 0.712. The predicted octanol–water partition coefficient (Wildman–Crippen LogP) is 3.29. The van der Waals surface area contributed by atoms with Gasteiger partial charge in [-0.05, 0) is 31.0 Å². The molecule has 0 bridgehead atoms. The predicted molar refractivity (Wildman–Crippen MR) is 107 cm³/mol. The number of aromatic nitrogens is 1. The number of morpholine rings is 1. The van der Waals surface area contributed by atoms with Crippen molar-refractivity contribution in [1.82, 2.24) is 15.2 Å². The minimum atomic E-state index is -4.43. The van der Waals surface area contributed by atoms with E-state index in [0.717, 1.165) is 12.0 Å². The lowest BCUT2D eigenvalue weighted by Crippen LogP contribution is -2.44. The number of halogens is 3. The highest BCUT2D eigenvalue weighted by atomic mass is 32.1. The number of likely N-dealkylation sites (N-methyl/N-ethyl adjacent to an activating group) is 1. The molecule has 0 spiro atoms. The highest BCUT2D eigenvalue weighted by Gasteiger charge is 2.36. The number of carbonyl (C=O) groups is 1. The second-order valence-corrected chi connectivity index (χ2v) is 7.95. The molecule has 6 nitrogen and oxygen atoms in total. The smallest absolute Gasteiger partial charge is 0.443 e. The van der Waals surface area contributed by atoms with Crippen LogP contribution in [-0.4, -0.2) is 55.2 Å². The summed E-state index contributed by atoms with van der Waals surface area (Å²) in [4.78, 5) is 17.2. The second-order valence-electron chi connectivity index (χ2n) is 7.09. The molecule has 1 fully saturated rings. The average Bonchev–Trinajstić information content (AvgIpc) is 3.24. The van der Waals surface area contributed by atoms with Crippen LogP contribution in [0, 0.1) is 0 Å². The van der Waals surface area contributed by atoms with Crippen molar-refractivity contribution in [2.45, 2.75) is 31.7 Å². The van der Waals surface area contributed by atoms with E-state index in [9.17, 15) is 18.0 Å². The topological polar surface area (TPSA) is 63.7 Å². The van der Waals surface area contributed by atoms with Gasteiger partial charge in [0.1, 0.15) is 11.9 Å². The van der Waals surface area contributed by atoms with Gasteiger partial charge in [0.25, 0.3) is 5.91 Å². The van der Waals surface area contributed by atoms with Crippen LogP contribution in [0.3, 0.4) is 0 Å². The Hall–Kier alpha value is -2.17. The minimum absolute atomic E-state index is 0.0336. The van der Waals surface area contributed by atoms with Crippen LogP contribution in [0.4, 0.5) is 13.2 Å². The van der Waals surface area contributed by atoms with Crippen LogP contribution in [0.1, 0.15) is 29.3 Å². The molecule has 2 aromatic rings. The molecule has 1 aromatic carbocycles. The molecule has 1 saturated heterocycles. The number of ether oxygens (including phenoxy) is 2. The fourth-order valence-corrected chi connectivity index (χ4v) is 3.95. The number of nitrogens with zero attached hydrogens (tertiary/aromatic N) is 2. The first-order valence-corrected chi connectivity index (χ1v) is 10.4. The van der Waals surface area contributed by atoms with Crippen LogP contribution in [0.25, 0.3) is 0 Å². The summed E-state index contributed by atoms with van der Waals surface area (Å²) < 4.78 is 49.5. The number of hydrogen-bond acceptors (Lipinski definition) is 6. The fraction of sp³-hybridized carbons (Fsp3) is 0.500. The van der Waals surface area contributed by atoms with Crippen molar-refractivity contribution >= 4 is 17.2 Å². The lowest BCUT2D eigenvalue weighted by molar-refractivity contribution is -0.138. The molecule has 1 amide bonds. The van der Waals surface area contributed by atoms with Gasteiger partial charge < -0.3 is 14.8 Å². The zero-order chi connectivity index (χ0) is 21.7. The van der Waals surface area contributed by atoms with Crippen LogP contribution in [0.5, 0.6) is 5.75 Å². The monoisotopic (exact) mass is 443 g/mol. The molecule has 1 aromatic heterocycles. The molecule has 1 aliphatic rings. The Morgan fingerprint density at radius 3 is 2.77 bits per heavy atom. The van der Waals surface area contributed by atoms with Gasteiger partial charge in [-0.15, -0.1) is 11.3 Å². The standard InChI is InChI=1S/C20H24F3N3O3S/c1-13(9-14-3-5-15(6-4-14)29-11-18(27)24-2)26-7-8-28-17(10-26)16-12-30-19(25-16)20(21,22)23/h3-6,12-13,17H,7-11H2,1-2H3,(H,24,27). The number of thiazole rings is 1.